The highest BCUT2D eigenvalue weighted by molar-refractivity contribution is 5.81. The van der Waals surface area contributed by atoms with Crippen molar-refractivity contribution in [3.05, 3.63) is 77.9 Å². The summed E-state index contributed by atoms with van der Waals surface area (Å²) in [4.78, 5) is 2.29. The van der Waals surface area contributed by atoms with Gasteiger partial charge in [-0.25, -0.2) is 0 Å². The molecule has 1 aliphatic rings. The summed E-state index contributed by atoms with van der Waals surface area (Å²) in [6.07, 6.45) is 4.94. The SMILES string of the molecule is C=CCN(CC=C)c1ccc2c(c1)-c1cc(C)cc(C)c1C2. The van der Waals surface area contributed by atoms with Gasteiger partial charge in [0.1, 0.15) is 0 Å². The number of aryl methyl sites for hydroxylation is 2. The summed E-state index contributed by atoms with van der Waals surface area (Å²) in [5, 5.41) is 0. The molecular formula is C21H23N. The third-order valence-corrected chi connectivity index (χ3v) is 4.43. The van der Waals surface area contributed by atoms with Crippen molar-refractivity contribution < 1.29 is 0 Å². The van der Waals surface area contributed by atoms with Gasteiger partial charge >= 0.3 is 0 Å². The molecule has 0 heterocycles. The van der Waals surface area contributed by atoms with Gasteiger partial charge in [-0.1, -0.05) is 35.9 Å². The Morgan fingerprint density at radius 2 is 1.73 bits per heavy atom. The van der Waals surface area contributed by atoms with Gasteiger partial charge in [0.05, 0.1) is 0 Å². The van der Waals surface area contributed by atoms with Crippen LogP contribution in [-0.4, -0.2) is 13.1 Å². The molecule has 1 aliphatic carbocycles. The zero-order valence-electron chi connectivity index (χ0n) is 13.5. The van der Waals surface area contributed by atoms with Crippen LogP contribution in [0.5, 0.6) is 0 Å². The fourth-order valence-electron chi connectivity index (χ4n) is 3.43. The highest BCUT2D eigenvalue weighted by Gasteiger charge is 2.21. The molecule has 0 unspecified atom stereocenters. The lowest BCUT2D eigenvalue weighted by atomic mass is 9.99. The van der Waals surface area contributed by atoms with E-state index in [0.717, 1.165) is 19.5 Å². The van der Waals surface area contributed by atoms with E-state index in [4.69, 9.17) is 0 Å². The fourth-order valence-corrected chi connectivity index (χ4v) is 3.43. The van der Waals surface area contributed by atoms with E-state index in [1.807, 2.05) is 12.2 Å². The van der Waals surface area contributed by atoms with Crippen LogP contribution in [0.4, 0.5) is 5.69 Å². The third-order valence-electron chi connectivity index (χ3n) is 4.43. The van der Waals surface area contributed by atoms with E-state index in [0.29, 0.717) is 0 Å². The second-order valence-electron chi connectivity index (χ2n) is 6.11. The first-order valence-electron chi connectivity index (χ1n) is 7.84. The molecule has 22 heavy (non-hydrogen) atoms. The Labute approximate surface area is 133 Å². The zero-order valence-corrected chi connectivity index (χ0v) is 13.5. The fraction of sp³-hybridized carbons (Fsp3) is 0.238. The van der Waals surface area contributed by atoms with Crippen molar-refractivity contribution in [2.75, 3.05) is 18.0 Å². The number of benzene rings is 2. The Morgan fingerprint density at radius 1 is 1.00 bits per heavy atom. The molecule has 0 amide bonds. The van der Waals surface area contributed by atoms with E-state index < -0.39 is 0 Å². The molecule has 0 fully saturated rings. The number of rotatable bonds is 5. The van der Waals surface area contributed by atoms with Crippen molar-refractivity contribution in [1.82, 2.24) is 0 Å². The Morgan fingerprint density at radius 3 is 2.41 bits per heavy atom. The first-order valence-corrected chi connectivity index (χ1v) is 7.84. The van der Waals surface area contributed by atoms with Crippen molar-refractivity contribution in [2.24, 2.45) is 0 Å². The molecule has 0 aliphatic heterocycles. The average Bonchev–Trinajstić information content (AvgIpc) is 2.85. The van der Waals surface area contributed by atoms with Gasteiger partial charge < -0.3 is 4.90 Å². The van der Waals surface area contributed by atoms with Crippen LogP contribution in [0.25, 0.3) is 11.1 Å². The molecule has 112 valence electrons. The molecule has 2 aromatic carbocycles. The molecule has 0 aromatic heterocycles. The van der Waals surface area contributed by atoms with Gasteiger partial charge in [0.25, 0.3) is 0 Å². The quantitative estimate of drug-likeness (QED) is 0.594. The molecule has 0 saturated heterocycles. The van der Waals surface area contributed by atoms with Gasteiger partial charge in [0.2, 0.25) is 0 Å². The van der Waals surface area contributed by atoms with Crippen LogP contribution in [0.2, 0.25) is 0 Å². The minimum absolute atomic E-state index is 0.838. The second kappa shape index (κ2) is 5.84. The van der Waals surface area contributed by atoms with E-state index in [1.54, 1.807) is 0 Å². The minimum atomic E-state index is 0.838. The summed E-state index contributed by atoms with van der Waals surface area (Å²) in [7, 11) is 0. The number of fused-ring (bicyclic) bond motifs is 3. The van der Waals surface area contributed by atoms with Crippen molar-refractivity contribution in [3.63, 3.8) is 0 Å². The van der Waals surface area contributed by atoms with Gasteiger partial charge in [0, 0.05) is 18.8 Å². The molecule has 0 saturated carbocycles. The van der Waals surface area contributed by atoms with Crippen molar-refractivity contribution in [1.29, 1.82) is 0 Å². The third kappa shape index (κ3) is 2.48. The highest BCUT2D eigenvalue weighted by atomic mass is 15.1. The Hall–Kier alpha value is -2.28. The molecule has 2 aromatic rings. The Kier molecular flexibility index (Phi) is 3.89. The Bertz CT molecular complexity index is 730. The maximum absolute atomic E-state index is 3.86. The number of hydrogen-bond acceptors (Lipinski definition) is 1. The predicted molar refractivity (Wildman–Crippen MR) is 96.8 cm³/mol. The smallest absolute Gasteiger partial charge is 0.0378 e. The summed E-state index contributed by atoms with van der Waals surface area (Å²) in [6, 6.07) is 11.4. The molecule has 0 spiro atoms. The van der Waals surface area contributed by atoms with Gasteiger partial charge in [-0.05, 0) is 60.2 Å². The van der Waals surface area contributed by atoms with Crippen LogP contribution in [0, 0.1) is 13.8 Å². The predicted octanol–water partition coefficient (Wildman–Crippen LogP) is 5.05. The molecule has 3 rings (SSSR count). The van der Waals surface area contributed by atoms with E-state index in [-0.39, 0.29) is 0 Å². The standard InChI is InChI=1S/C21H23N/c1-5-9-22(10-6-2)18-8-7-17-13-19-16(4)11-15(3)12-21(19)20(17)14-18/h5-8,11-12,14H,1-2,9-10,13H2,3-4H3. The number of hydrogen-bond donors (Lipinski definition) is 0. The molecule has 1 nitrogen and oxygen atoms in total. The van der Waals surface area contributed by atoms with Crippen LogP contribution in [0.3, 0.4) is 0 Å². The molecule has 0 atom stereocenters. The topological polar surface area (TPSA) is 3.24 Å². The van der Waals surface area contributed by atoms with E-state index in [2.05, 4.69) is 62.2 Å². The van der Waals surface area contributed by atoms with Crippen LogP contribution < -0.4 is 4.90 Å². The van der Waals surface area contributed by atoms with Gasteiger partial charge in [-0.3, -0.25) is 0 Å². The average molecular weight is 289 g/mol. The highest BCUT2D eigenvalue weighted by Crippen LogP contribution is 2.40. The lowest BCUT2D eigenvalue weighted by Crippen LogP contribution is -2.23. The maximum atomic E-state index is 3.86. The van der Waals surface area contributed by atoms with Crippen LogP contribution in [0.15, 0.2) is 55.6 Å². The van der Waals surface area contributed by atoms with Crippen LogP contribution >= 0.6 is 0 Å². The van der Waals surface area contributed by atoms with Crippen molar-refractivity contribution >= 4 is 5.69 Å². The summed E-state index contributed by atoms with van der Waals surface area (Å²) < 4.78 is 0. The number of nitrogens with zero attached hydrogens (tertiary/aromatic N) is 1. The first-order chi connectivity index (χ1) is 10.6. The maximum Gasteiger partial charge on any atom is 0.0378 e. The molecule has 1 heteroatoms. The molecule has 0 N–H and O–H groups in total. The zero-order chi connectivity index (χ0) is 15.7. The van der Waals surface area contributed by atoms with E-state index in [9.17, 15) is 0 Å². The van der Waals surface area contributed by atoms with E-state index >= 15 is 0 Å². The summed E-state index contributed by atoms with van der Waals surface area (Å²) in [6.45, 7) is 13.8. The van der Waals surface area contributed by atoms with Crippen LogP contribution in [-0.2, 0) is 6.42 Å². The van der Waals surface area contributed by atoms with Crippen molar-refractivity contribution in [2.45, 2.75) is 20.3 Å². The van der Waals surface area contributed by atoms with Crippen LogP contribution in [0.1, 0.15) is 22.3 Å². The number of anilines is 1. The van der Waals surface area contributed by atoms with E-state index in [1.165, 1.54) is 39.1 Å². The normalized spacial score (nSPS) is 11.7. The summed E-state index contributed by atoms with van der Waals surface area (Å²) in [5.74, 6) is 0. The van der Waals surface area contributed by atoms with Gasteiger partial charge in [-0.15, -0.1) is 13.2 Å². The molecule has 0 bridgehead atoms. The molecular weight excluding hydrogens is 266 g/mol. The first kappa shape index (κ1) is 14.6. The Balaban J connectivity index is 2.07. The minimum Gasteiger partial charge on any atom is -0.364 e. The van der Waals surface area contributed by atoms with Crippen molar-refractivity contribution in [3.8, 4) is 11.1 Å². The monoisotopic (exact) mass is 289 g/mol. The summed E-state index contributed by atoms with van der Waals surface area (Å²) in [5.41, 5.74) is 9.70. The summed E-state index contributed by atoms with van der Waals surface area (Å²) >= 11 is 0. The lowest BCUT2D eigenvalue weighted by molar-refractivity contribution is 0.956. The lowest BCUT2D eigenvalue weighted by Gasteiger charge is -2.22. The van der Waals surface area contributed by atoms with Gasteiger partial charge in [0.15, 0.2) is 0 Å². The van der Waals surface area contributed by atoms with Gasteiger partial charge in [-0.2, -0.15) is 0 Å². The largest absolute Gasteiger partial charge is 0.364 e. The molecule has 0 radical (unpaired) electrons. The second-order valence-corrected chi connectivity index (χ2v) is 6.11.